The Balaban J connectivity index is 1.33. The van der Waals surface area contributed by atoms with Crippen LogP contribution in [0.15, 0.2) is 23.0 Å². The van der Waals surface area contributed by atoms with Crippen LogP contribution in [0.3, 0.4) is 0 Å². The Bertz CT molecular complexity index is 1070. The summed E-state index contributed by atoms with van der Waals surface area (Å²) in [5.74, 6) is 1.000. The Morgan fingerprint density at radius 2 is 1.75 bits per heavy atom. The van der Waals surface area contributed by atoms with Gasteiger partial charge < -0.3 is 15.5 Å². The first-order valence-corrected chi connectivity index (χ1v) is 11.9. The summed E-state index contributed by atoms with van der Waals surface area (Å²) >= 11 is 0. The van der Waals surface area contributed by atoms with Gasteiger partial charge in [0.25, 0.3) is 0 Å². The molecule has 172 valence electrons. The fraction of sp³-hybridized carbons (Fsp3) is 0.625. The van der Waals surface area contributed by atoms with Crippen LogP contribution in [0.25, 0.3) is 11.0 Å². The molecule has 8 heteroatoms. The Hall–Kier alpha value is -2.45. The molecule has 2 aromatic rings. The minimum atomic E-state index is -0.767. The molecular formula is C24H33N5O3. The summed E-state index contributed by atoms with van der Waals surface area (Å²) in [6.07, 6.45) is 4.90. The molecule has 8 nitrogen and oxygen atoms in total. The highest BCUT2D eigenvalue weighted by Gasteiger charge is 2.32. The lowest BCUT2D eigenvalue weighted by Gasteiger charge is -2.35. The van der Waals surface area contributed by atoms with Crippen LogP contribution in [0, 0.1) is 5.92 Å². The Kier molecular flexibility index (Phi) is 5.90. The summed E-state index contributed by atoms with van der Waals surface area (Å²) in [6.45, 7) is 5.81. The smallest absolute Gasteiger partial charge is 0.329 e. The number of hydrogen-bond acceptors (Lipinski definition) is 5. The van der Waals surface area contributed by atoms with Crippen molar-refractivity contribution in [1.29, 1.82) is 0 Å². The molecule has 3 saturated heterocycles. The predicted molar refractivity (Wildman–Crippen MR) is 123 cm³/mol. The van der Waals surface area contributed by atoms with Crippen LogP contribution >= 0.6 is 0 Å². The van der Waals surface area contributed by atoms with Crippen LogP contribution in [0.1, 0.15) is 49.6 Å². The van der Waals surface area contributed by atoms with Crippen molar-refractivity contribution in [3.05, 3.63) is 34.2 Å². The van der Waals surface area contributed by atoms with Crippen molar-refractivity contribution in [2.45, 2.75) is 44.1 Å². The number of carbonyl (C=O) groups excluding carboxylic acids is 2. The normalized spacial score (nSPS) is 24.2. The van der Waals surface area contributed by atoms with Gasteiger partial charge in [0.1, 0.15) is 6.04 Å². The number of likely N-dealkylation sites (tertiary alicyclic amines) is 1. The number of ketones is 1. The molecule has 32 heavy (non-hydrogen) atoms. The number of aryl methyl sites for hydroxylation is 1. The number of imidazole rings is 1. The molecular weight excluding hydrogens is 406 g/mol. The second-order valence-electron chi connectivity index (χ2n) is 9.70. The van der Waals surface area contributed by atoms with Gasteiger partial charge in [0, 0.05) is 20.0 Å². The molecule has 0 saturated carbocycles. The van der Waals surface area contributed by atoms with Crippen LogP contribution < -0.4 is 16.3 Å². The third-order valence-corrected chi connectivity index (χ3v) is 7.64. The summed E-state index contributed by atoms with van der Waals surface area (Å²) < 4.78 is 3.10. The van der Waals surface area contributed by atoms with Gasteiger partial charge in [-0.05, 0) is 81.4 Å². The van der Waals surface area contributed by atoms with E-state index in [1.807, 2.05) is 6.07 Å². The van der Waals surface area contributed by atoms with Gasteiger partial charge in [0.05, 0.1) is 17.6 Å². The largest absolute Gasteiger partial charge is 0.347 e. The van der Waals surface area contributed by atoms with Gasteiger partial charge >= 0.3 is 5.69 Å². The number of carbonyl (C=O) groups is 2. The lowest BCUT2D eigenvalue weighted by molar-refractivity contribution is -0.133. The lowest BCUT2D eigenvalue weighted by atomic mass is 9.88. The first-order chi connectivity index (χ1) is 15.5. The third-order valence-electron chi connectivity index (χ3n) is 7.64. The van der Waals surface area contributed by atoms with Crippen LogP contribution in [0.2, 0.25) is 0 Å². The first kappa shape index (κ1) is 21.4. The lowest BCUT2D eigenvalue weighted by Crippen LogP contribution is -2.45. The van der Waals surface area contributed by atoms with Gasteiger partial charge in [-0.2, -0.15) is 0 Å². The standard InChI is InChI=1S/C24H33N5O3/c1-27-21-12-18(17-6-10-28(11-7-17)15-16-4-8-25-9-5-16)2-3-20(21)29(24(27)32)22-13-19(30)14-26-23(22)31/h2-3,12,16-17,22,25H,4-11,13-15H2,1H3,(H,26,31). The van der Waals surface area contributed by atoms with E-state index in [0.29, 0.717) is 5.92 Å². The molecule has 1 amide bonds. The second-order valence-corrected chi connectivity index (χ2v) is 9.70. The molecule has 3 aliphatic heterocycles. The van der Waals surface area contributed by atoms with Crippen molar-refractivity contribution in [3.8, 4) is 0 Å². The van der Waals surface area contributed by atoms with Crippen molar-refractivity contribution in [1.82, 2.24) is 24.7 Å². The van der Waals surface area contributed by atoms with Crippen LogP contribution in [-0.4, -0.2) is 65.0 Å². The molecule has 3 aliphatic rings. The van der Waals surface area contributed by atoms with Crippen LogP contribution in [0.4, 0.5) is 0 Å². The van der Waals surface area contributed by atoms with E-state index in [2.05, 4.69) is 27.7 Å². The summed E-state index contributed by atoms with van der Waals surface area (Å²) in [5.41, 5.74) is 2.56. The number of rotatable bonds is 4. The molecule has 1 atom stereocenters. The second kappa shape index (κ2) is 8.83. The maximum atomic E-state index is 13.0. The van der Waals surface area contributed by atoms with Gasteiger partial charge in [-0.25, -0.2) is 4.79 Å². The molecule has 1 aromatic carbocycles. The number of nitrogens with zero attached hydrogens (tertiary/aromatic N) is 3. The zero-order valence-electron chi connectivity index (χ0n) is 18.8. The molecule has 3 fully saturated rings. The van der Waals surface area contributed by atoms with Gasteiger partial charge in [-0.1, -0.05) is 6.07 Å². The number of amides is 1. The van der Waals surface area contributed by atoms with Crippen LogP contribution in [-0.2, 0) is 16.6 Å². The Morgan fingerprint density at radius 1 is 1.00 bits per heavy atom. The molecule has 4 heterocycles. The quantitative estimate of drug-likeness (QED) is 0.746. The van der Waals surface area contributed by atoms with Crippen molar-refractivity contribution in [2.75, 3.05) is 39.3 Å². The topological polar surface area (TPSA) is 88.4 Å². The highest BCUT2D eigenvalue weighted by atomic mass is 16.2. The van der Waals surface area contributed by atoms with Crippen molar-refractivity contribution >= 4 is 22.7 Å². The summed E-state index contributed by atoms with van der Waals surface area (Å²) in [7, 11) is 1.75. The average Bonchev–Trinajstić information content (AvgIpc) is 3.06. The predicted octanol–water partition coefficient (Wildman–Crippen LogP) is 1.15. The van der Waals surface area contributed by atoms with E-state index in [4.69, 9.17) is 0 Å². The minimum absolute atomic E-state index is 0.0497. The molecule has 0 radical (unpaired) electrons. The maximum Gasteiger partial charge on any atom is 0.329 e. The number of piperidine rings is 3. The number of nitrogens with one attached hydrogen (secondary N) is 2. The van der Waals surface area contributed by atoms with Gasteiger partial charge in [-0.3, -0.25) is 18.7 Å². The van der Waals surface area contributed by atoms with E-state index in [1.54, 1.807) is 11.6 Å². The number of benzene rings is 1. The molecule has 1 aromatic heterocycles. The minimum Gasteiger partial charge on any atom is -0.347 e. The molecule has 5 rings (SSSR count). The number of fused-ring (bicyclic) bond motifs is 1. The number of hydrogen-bond donors (Lipinski definition) is 2. The monoisotopic (exact) mass is 439 g/mol. The van der Waals surface area contributed by atoms with E-state index in [1.165, 1.54) is 29.5 Å². The zero-order valence-corrected chi connectivity index (χ0v) is 18.8. The van der Waals surface area contributed by atoms with Crippen LogP contribution in [0.5, 0.6) is 0 Å². The zero-order chi connectivity index (χ0) is 22.2. The van der Waals surface area contributed by atoms with Gasteiger partial charge in [0.15, 0.2) is 5.78 Å². The molecule has 1 unspecified atom stereocenters. The first-order valence-electron chi connectivity index (χ1n) is 11.9. The van der Waals surface area contributed by atoms with Gasteiger partial charge in [0.2, 0.25) is 5.91 Å². The highest BCUT2D eigenvalue weighted by molar-refractivity contribution is 5.96. The SMILES string of the molecule is Cn1c(=O)n(C2CC(=O)CNC2=O)c2ccc(C3CCN(CC4CCNCC4)CC3)cc21. The average molecular weight is 440 g/mol. The Labute approximate surface area is 187 Å². The fourth-order valence-corrected chi connectivity index (χ4v) is 5.71. The van der Waals surface area contributed by atoms with E-state index < -0.39 is 6.04 Å². The van der Waals surface area contributed by atoms with Crippen molar-refractivity contribution in [2.24, 2.45) is 13.0 Å². The third kappa shape index (κ3) is 4.01. The highest BCUT2D eigenvalue weighted by Crippen LogP contribution is 2.31. The van der Waals surface area contributed by atoms with Gasteiger partial charge in [-0.15, -0.1) is 0 Å². The van der Waals surface area contributed by atoms with Crippen molar-refractivity contribution < 1.29 is 9.59 Å². The summed E-state index contributed by atoms with van der Waals surface area (Å²) in [4.78, 5) is 39.9. The summed E-state index contributed by atoms with van der Waals surface area (Å²) in [6, 6.07) is 5.41. The molecule has 0 aliphatic carbocycles. The van der Waals surface area contributed by atoms with E-state index in [9.17, 15) is 14.4 Å². The van der Waals surface area contributed by atoms with E-state index in [0.717, 1.165) is 56.0 Å². The fourth-order valence-electron chi connectivity index (χ4n) is 5.71. The summed E-state index contributed by atoms with van der Waals surface area (Å²) in [5, 5.41) is 6.06. The molecule has 2 N–H and O–H groups in total. The number of Topliss-reactive ketones (excluding diaryl/α,β-unsaturated/α-hetero) is 1. The van der Waals surface area contributed by atoms with E-state index in [-0.39, 0.29) is 30.3 Å². The van der Waals surface area contributed by atoms with Crippen molar-refractivity contribution in [3.63, 3.8) is 0 Å². The maximum absolute atomic E-state index is 13.0. The molecule has 0 spiro atoms. The number of aromatic nitrogens is 2. The Morgan fingerprint density at radius 3 is 2.50 bits per heavy atom. The van der Waals surface area contributed by atoms with E-state index >= 15 is 0 Å². The molecule has 0 bridgehead atoms.